The summed E-state index contributed by atoms with van der Waals surface area (Å²) in [5, 5.41) is 3.33. The van der Waals surface area contributed by atoms with Crippen LogP contribution in [0.25, 0.3) is 11.2 Å². The molecule has 0 aliphatic carbocycles. The highest BCUT2D eigenvalue weighted by atomic mass is 17.2. The normalized spacial score (nSPS) is 16.2. The highest BCUT2D eigenvalue weighted by Crippen LogP contribution is 2.32. The summed E-state index contributed by atoms with van der Waals surface area (Å²) < 4.78 is 7.45. The zero-order chi connectivity index (χ0) is 17.9. The van der Waals surface area contributed by atoms with Crippen molar-refractivity contribution in [2.75, 3.05) is 19.0 Å². The van der Waals surface area contributed by atoms with E-state index in [-0.39, 0.29) is 6.04 Å². The van der Waals surface area contributed by atoms with E-state index in [9.17, 15) is 0 Å². The van der Waals surface area contributed by atoms with Gasteiger partial charge in [-0.2, -0.15) is 14.9 Å². The number of hydrogen-bond donors (Lipinski definition) is 1. The second kappa shape index (κ2) is 7.17. The molecule has 0 spiro atoms. The van der Waals surface area contributed by atoms with Crippen LogP contribution >= 0.6 is 0 Å². The third-order valence-electron chi connectivity index (χ3n) is 4.36. The van der Waals surface area contributed by atoms with Crippen molar-refractivity contribution < 1.29 is 14.5 Å². The number of nitrogens with one attached hydrogen (secondary N) is 1. The Balaban J connectivity index is 1.68. The predicted molar refractivity (Wildman–Crippen MR) is 96.2 cm³/mol. The fourth-order valence-electron chi connectivity index (χ4n) is 2.99. The van der Waals surface area contributed by atoms with Gasteiger partial charge in [-0.25, -0.2) is 4.98 Å². The van der Waals surface area contributed by atoms with Gasteiger partial charge in [0.25, 0.3) is 0 Å². The first-order valence-electron chi connectivity index (χ1n) is 8.72. The number of hydrogen-bond acceptors (Lipinski definition) is 7. The Bertz CT molecular complexity index is 911. The van der Waals surface area contributed by atoms with E-state index in [0.717, 1.165) is 30.6 Å². The minimum Gasteiger partial charge on any atom is -0.479 e. The summed E-state index contributed by atoms with van der Waals surface area (Å²) in [6, 6.07) is 7.62. The third-order valence-corrected chi connectivity index (χ3v) is 4.36. The molecule has 1 aromatic carbocycles. The van der Waals surface area contributed by atoms with Crippen LogP contribution in [0.15, 0.2) is 30.6 Å². The van der Waals surface area contributed by atoms with Crippen LogP contribution in [0.5, 0.6) is 11.6 Å². The molecule has 0 saturated carbocycles. The Morgan fingerprint density at radius 1 is 1.31 bits per heavy atom. The van der Waals surface area contributed by atoms with Gasteiger partial charge in [-0.1, -0.05) is 31.5 Å². The molecule has 4 rings (SSSR count). The lowest BCUT2D eigenvalue weighted by molar-refractivity contribution is -0.219. The van der Waals surface area contributed by atoms with Gasteiger partial charge in [0.05, 0.1) is 19.5 Å². The highest BCUT2D eigenvalue weighted by Gasteiger charge is 2.24. The number of benzene rings is 1. The number of imidazole rings is 1. The van der Waals surface area contributed by atoms with Crippen molar-refractivity contribution in [3.8, 4) is 11.6 Å². The predicted octanol–water partition coefficient (Wildman–Crippen LogP) is 3.11. The van der Waals surface area contributed by atoms with Crippen molar-refractivity contribution in [3.63, 3.8) is 0 Å². The molecule has 3 heterocycles. The molecule has 1 aliphatic heterocycles. The van der Waals surface area contributed by atoms with E-state index in [2.05, 4.69) is 27.2 Å². The van der Waals surface area contributed by atoms with Crippen LogP contribution in [0.1, 0.15) is 31.4 Å². The molecule has 1 unspecified atom stereocenters. The van der Waals surface area contributed by atoms with E-state index in [1.165, 1.54) is 0 Å². The molecule has 1 aliphatic rings. The Morgan fingerprint density at radius 3 is 3.04 bits per heavy atom. The highest BCUT2D eigenvalue weighted by molar-refractivity contribution is 5.77. The lowest BCUT2D eigenvalue weighted by Crippen LogP contribution is -2.24. The fraction of sp³-hybridized carbons (Fsp3) is 0.389. The summed E-state index contributed by atoms with van der Waals surface area (Å²) >= 11 is 0. The van der Waals surface area contributed by atoms with Crippen molar-refractivity contribution in [2.45, 2.75) is 32.4 Å². The molecule has 1 atom stereocenters. The molecule has 3 aromatic rings. The SMILES string of the molecule is CCCCn1cnc2c(OC)nc(NC3COOc4ccccc43)nc21. The maximum Gasteiger partial charge on any atom is 0.246 e. The number of fused-ring (bicyclic) bond motifs is 2. The minimum atomic E-state index is -0.117. The van der Waals surface area contributed by atoms with Gasteiger partial charge in [0, 0.05) is 12.1 Å². The summed E-state index contributed by atoms with van der Waals surface area (Å²) in [7, 11) is 1.59. The molecular formula is C18H21N5O3. The number of rotatable bonds is 6. The van der Waals surface area contributed by atoms with Crippen molar-refractivity contribution >= 4 is 17.1 Å². The summed E-state index contributed by atoms with van der Waals surface area (Å²) in [6.07, 6.45) is 3.94. The van der Waals surface area contributed by atoms with E-state index in [1.54, 1.807) is 13.4 Å². The molecule has 1 N–H and O–H groups in total. The summed E-state index contributed by atoms with van der Waals surface area (Å²) in [5.74, 6) is 1.61. The molecule has 0 bridgehead atoms. The number of para-hydroxylation sites is 1. The maximum atomic E-state index is 5.42. The van der Waals surface area contributed by atoms with Crippen LogP contribution in [0, 0.1) is 0 Å². The monoisotopic (exact) mass is 355 g/mol. The standard InChI is InChI=1S/C18H21N5O3/c1-3-4-9-23-11-19-15-16(23)21-18(22-17(15)24-2)20-13-10-25-26-14-8-6-5-7-12(13)14/h5-8,11,13H,3-4,9-10H2,1-2H3,(H,20,21,22). The average Bonchev–Trinajstić information content (AvgIpc) is 3.09. The van der Waals surface area contributed by atoms with Gasteiger partial charge in [0.1, 0.15) is 6.61 Å². The minimum absolute atomic E-state index is 0.117. The molecule has 2 aromatic heterocycles. The first kappa shape index (κ1) is 16.6. The lowest BCUT2D eigenvalue weighted by atomic mass is 10.1. The third kappa shape index (κ3) is 3.03. The van der Waals surface area contributed by atoms with Crippen molar-refractivity contribution in [2.24, 2.45) is 0 Å². The van der Waals surface area contributed by atoms with Crippen LogP contribution in [-0.4, -0.2) is 33.2 Å². The molecule has 8 heteroatoms. The first-order valence-corrected chi connectivity index (χ1v) is 8.72. The van der Waals surface area contributed by atoms with Gasteiger partial charge in [-0.3, -0.25) is 0 Å². The second-order valence-electron chi connectivity index (χ2n) is 6.12. The van der Waals surface area contributed by atoms with Crippen LogP contribution in [0.2, 0.25) is 0 Å². The molecule has 0 saturated heterocycles. The largest absolute Gasteiger partial charge is 0.479 e. The quantitative estimate of drug-likeness (QED) is 0.680. The Labute approximate surface area is 151 Å². The van der Waals surface area contributed by atoms with E-state index in [0.29, 0.717) is 29.7 Å². The molecule has 8 nitrogen and oxygen atoms in total. The Morgan fingerprint density at radius 2 is 2.19 bits per heavy atom. The van der Waals surface area contributed by atoms with Gasteiger partial charge in [-0.15, -0.1) is 0 Å². The van der Waals surface area contributed by atoms with Crippen molar-refractivity contribution in [1.29, 1.82) is 0 Å². The van der Waals surface area contributed by atoms with Crippen LogP contribution in [0.4, 0.5) is 5.95 Å². The number of methoxy groups -OCH3 is 1. The first-order chi connectivity index (χ1) is 12.8. The Hall–Kier alpha value is -2.87. The van der Waals surface area contributed by atoms with E-state index in [4.69, 9.17) is 14.5 Å². The summed E-state index contributed by atoms with van der Waals surface area (Å²) in [4.78, 5) is 24.0. The van der Waals surface area contributed by atoms with Gasteiger partial charge in [0.2, 0.25) is 11.8 Å². The van der Waals surface area contributed by atoms with Gasteiger partial charge in [0.15, 0.2) is 16.9 Å². The number of anilines is 1. The zero-order valence-electron chi connectivity index (χ0n) is 14.8. The van der Waals surface area contributed by atoms with E-state index < -0.39 is 0 Å². The van der Waals surface area contributed by atoms with Crippen molar-refractivity contribution in [1.82, 2.24) is 19.5 Å². The topological polar surface area (TPSA) is 83.3 Å². The number of aryl methyl sites for hydroxylation is 1. The molecule has 0 radical (unpaired) electrons. The van der Waals surface area contributed by atoms with Gasteiger partial charge < -0.3 is 19.5 Å². The van der Waals surface area contributed by atoms with E-state index in [1.807, 2.05) is 28.8 Å². The smallest absolute Gasteiger partial charge is 0.246 e. The molecule has 0 fully saturated rings. The summed E-state index contributed by atoms with van der Waals surface area (Å²) in [6.45, 7) is 3.37. The van der Waals surface area contributed by atoms with Crippen LogP contribution in [0.3, 0.4) is 0 Å². The fourth-order valence-corrected chi connectivity index (χ4v) is 2.99. The lowest BCUT2D eigenvalue weighted by Gasteiger charge is -2.25. The Kier molecular flexibility index (Phi) is 4.57. The summed E-state index contributed by atoms with van der Waals surface area (Å²) in [5.41, 5.74) is 2.42. The van der Waals surface area contributed by atoms with Crippen LogP contribution in [-0.2, 0) is 11.4 Å². The molecule has 136 valence electrons. The van der Waals surface area contributed by atoms with Gasteiger partial charge >= 0.3 is 0 Å². The second-order valence-corrected chi connectivity index (χ2v) is 6.12. The number of aromatic nitrogens is 4. The zero-order valence-corrected chi connectivity index (χ0v) is 14.8. The molecule has 26 heavy (non-hydrogen) atoms. The van der Waals surface area contributed by atoms with Gasteiger partial charge in [-0.05, 0) is 12.5 Å². The van der Waals surface area contributed by atoms with Crippen molar-refractivity contribution in [3.05, 3.63) is 36.2 Å². The average molecular weight is 355 g/mol. The number of ether oxygens (including phenoxy) is 1. The molecule has 0 amide bonds. The molecular weight excluding hydrogens is 334 g/mol. The number of nitrogens with zero attached hydrogens (tertiary/aromatic N) is 4. The maximum absolute atomic E-state index is 5.42. The van der Waals surface area contributed by atoms with Crippen LogP contribution < -0.4 is 14.9 Å². The van der Waals surface area contributed by atoms with E-state index >= 15 is 0 Å². The number of unbranched alkanes of at least 4 members (excludes halogenated alkanes) is 1.